The van der Waals surface area contributed by atoms with Gasteiger partial charge < -0.3 is 16.0 Å². The summed E-state index contributed by atoms with van der Waals surface area (Å²) in [4.78, 5) is 30.1. The van der Waals surface area contributed by atoms with Crippen LogP contribution in [0.15, 0.2) is 18.5 Å². The summed E-state index contributed by atoms with van der Waals surface area (Å²) >= 11 is 0. The van der Waals surface area contributed by atoms with Crippen molar-refractivity contribution in [3.05, 3.63) is 29.6 Å². The summed E-state index contributed by atoms with van der Waals surface area (Å²) in [6.45, 7) is 4.62. The van der Waals surface area contributed by atoms with Crippen LogP contribution in [-0.4, -0.2) is 46.9 Å². The van der Waals surface area contributed by atoms with Gasteiger partial charge in [0.25, 0.3) is 5.91 Å². The minimum atomic E-state index is -0.881. The standard InChI is InChI=1S/C15H18N4O2/c1-15(2)14(21)18-6-7-19(15)13(20)12-8-11(4-3-5-16)9-17-10-12/h8-10H,5-7,16H2,1-2H3,(H,18,21). The second kappa shape index (κ2) is 5.94. The molecule has 3 N–H and O–H groups in total. The number of aromatic nitrogens is 1. The second-order valence-corrected chi connectivity index (χ2v) is 5.24. The van der Waals surface area contributed by atoms with E-state index in [9.17, 15) is 9.59 Å². The summed E-state index contributed by atoms with van der Waals surface area (Å²) < 4.78 is 0. The zero-order valence-electron chi connectivity index (χ0n) is 12.1. The Morgan fingerprint density at radius 2 is 2.29 bits per heavy atom. The molecule has 0 atom stereocenters. The molecule has 6 heteroatoms. The maximum Gasteiger partial charge on any atom is 0.256 e. The van der Waals surface area contributed by atoms with E-state index in [-0.39, 0.29) is 18.4 Å². The van der Waals surface area contributed by atoms with E-state index in [1.807, 2.05) is 0 Å². The van der Waals surface area contributed by atoms with E-state index in [2.05, 4.69) is 22.1 Å². The molecule has 0 spiro atoms. The van der Waals surface area contributed by atoms with Crippen LogP contribution in [0.1, 0.15) is 29.8 Å². The van der Waals surface area contributed by atoms with Crippen molar-refractivity contribution in [2.45, 2.75) is 19.4 Å². The van der Waals surface area contributed by atoms with Crippen LogP contribution in [0.25, 0.3) is 0 Å². The first-order chi connectivity index (χ1) is 9.96. The molecule has 0 unspecified atom stereocenters. The Labute approximate surface area is 123 Å². The zero-order chi connectivity index (χ0) is 15.5. The molecule has 2 heterocycles. The SMILES string of the molecule is CC1(C)C(=O)NCCN1C(=O)c1cncc(C#CCN)c1. The van der Waals surface area contributed by atoms with Crippen molar-refractivity contribution in [3.63, 3.8) is 0 Å². The Morgan fingerprint density at radius 1 is 1.52 bits per heavy atom. The third-order valence-corrected chi connectivity index (χ3v) is 3.42. The average molecular weight is 286 g/mol. The molecular formula is C15H18N4O2. The van der Waals surface area contributed by atoms with E-state index >= 15 is 0 Å². The Hall–Kier alpha value is -2.39. The Bertz CT molecular complexity index is 628. The molecule has 1 aromatic heterocycles. The van der Waals surface area contributed by atoms with Crippen molar-refractivity contribution in [1.82, 2.24) is 15.2 Å². The largest absolute Gasteiger partial charge is 0.352 e. The highest BCUT2D eigenvalue weighted by molar-refractivity contribution is 5.99. The van der Waals surface area contributed by atoms with Crippen molar-refractivity contribution in [2.24, 2.45) is 5.73 Å². The van der Waals surface area contributed by atoms with Crippen LogP contribution in [0.3, 0.4) is 0 Å². The maximum absolute atomic E-state index is 12.6. The Kier molecular flexibility index (Phi) is 4.24. The van der Waals surface area contributed by atoms with Gasteiger partial charge in [0.1, 0.15) is 5.54 Å². The monoisotopic (exact) mass is 286 g/mol. The fourth-order valence-corrected chi connectivity index (χ4v) is 2.19. The van der Waals surface area contributed by atoms with Gasteiger partial charge in [0, 0.05) is 31.0 Å². The maximum atomic E-state index is 12.6. The van der Waals surface area contributed by atoms with Gasteiger partial charge in [0.15, 0.2) is 0 Å². The summed E-state index contributed by atoms with van der Waals surface area (Å²) in [5.41, 5.74) is 5.50. The number of carbonyl (C=O) groups is 2. The predicted molar refractivity (Wildman–Crippen MR) is 78.3 cm³/mol. The van der Waals surface area contributed by atoms with Gasteiger partial charge in [-0.15, -0.1) is 0 Å². The lowest BCUT2D eigenvalue weighted by Crippen LogP contribution is -2.63. The molecule has 1 fully saturated rings. The first-order valence-corrected chi connectivity index (χ1v) is 6.71. The molecule has 0 radical (unpaired) electrons. The molecule has 2 rings (SSSR count). The fourth-order valence-electron chi connectivity index (χ4n) is 2.19. The number of nitrogens with zero attached hydrogens (tertiary/aromatic N) is 2. The number of amides is 2. The first kappa shape index (κ1) is 15.0. The van der Waals surface area contributed by atoms with E-state index in [0.717, 1.165) is 0 Å². The van der Waals surface area contributed by atoms with Crippen LogP contribution in [0.2, 0.25) is 0 Å². The fraction of sp³-hybridized carbons (Fsp3) is 0.400. The van der Waals surface area contributed by atoms with Crippen molar-refractivity contribution < 1.29 is 9.59 Å². The highest BCUT2D eigenvalue weighted by Gasteiger charge is 2.40. The molecular weight excluding hydrogens is 268 g/mol. The molecule has 1 aliphatic heterocycles. The molecule has 1 aliphatic rings. The molecule has 110 valence electrons. The number of nitrogens with two attached hydrogens (primary N) is 1. The number of carbonyl (C=O) groups excluding carboxylic acids is 2. The van der Waals surface area contributed by atoms with Crippen molar-refractivity contribution in [1.29, 1.82) is 0 Å². The zero-order valence-corrected chi connectivity index (χ0v) is 12.1. The lowest BCUT2D eigenvalue weighted by molar-refractivity contribution is -0.133. The minimum Gasteiger partial charge on any atom is -0.352 e. The minimum absolute atomic E-state index is 0.158. The quantitative estimate of drug-likeness (QED) is 0.696. The van der Waals surface area contributed by atoms with Gasteiger partial charge in [-0.1, -0.05) is 11.8 Å². The van der Waals surface area contributed by atoms with E-state index in [4.69, 9.17) is 5.73 Å². The van der Waals surface area contributed by atoms with E-state index in [1.54, 1.807) is 31.0 Å². The van der Waals surface area contributed by atoms with Crippen molar-refractivity contribution >= 4 is 11.8 Å². The van der Waals surface area contributed by atoms with E-state index in [1.165, 1.54) is 6.20 Å². The summed E-state index contributed by atoms with van der Waals surface area (Å²) in [5.74, 6) is 5.19. The second-order valence-electron chi connectivity index (χ2n) is 5.24. The van der Waals surface area contributed by atoms with Crippen LogP contribution in [-0.2, 0) is 4.79 Å². The van der Waals surface area contributed by atoms with Crippen LogP contribution in [0, 0.1) is 11.8 Å². The highest BCUT2D eigenvalue weighted by Crippen LogP contribution is 2.20. The van der Waals surface area contributed by atoms with Gasteiger partial charge >= 0.3 is 0 Å². The van der Waals surface area contributed by atoms with E-state index < -0.39 is 5.54 Å². The number of hydrogen-bond donors (Lipinski definition) is 2. The summed E-state index contributed by atoms with van der Waals surface area (Å²) in [7, 11) is 0. The van der Waals surface area contributed by atoms with E-state index in [0.29, 0.717) is 24.2 Å². The number of rotatable bonds is 1. The summed E-state index contributed by atoms with van der Waals surface area (Å²) in [6, 6.07) is 1.67. The predicted octanol–water partition coefficient (Wildman–Crippen LogP) is -0.258. The van der Waals surface area contributed by atoms with Gasteiger partial charge in [-0.05, 0) is 19.9 Å². The van der Waals surface area contributed by atoms with Crippen LogP contribution < -0.4 is 11.1 Å². The molecule has 21 heavy (non-hydrogen) atoms. The number of nitrogens with one attached hydrogen (secondary N) is 1. The number of piperazine rings is 1. The molecule has 0 aliphatic carbocycles. The molecule has 2 amide bonds. The van der Waals surface area contributed by atoms with Gasteiger partial charge in [0.05, 0.1) is 12.1 Å². The van der Waals surface area contributed by atoms with Crippen LogP contribution in [0.4, 0.5) is 0 Å². The summed E-state index contributed by atoms with van der Waals surface area (Å²) in [5, 5.41) is 2.76. The highest BCUT2D eigenvalue weighted by atomic mass is 16.2. The van der Waals surface area contributed by atoms with Crippen LogP contribution in [0.5, 0.6) is 0 Å². The number of hydrogen-bond acceptors (Lipinski definition) is 4. The molecule has 0 saturated carbocycles. The average Bonchev–Trinajstić information content (AvgIpc) is 2.47. The molecule has 1 saturated heterocycles. The third kappa shape index (κ3) is 3.03. The molecule has 0 bridgehead atoms. The summed E-state index contributed by atoms with van der Waals surface area (Å²) in [6.07, 6.45) is 3.06. The lowest BCUT2D eigenvalue weighted by Gasteiger charge is -2.41. The lowest BCUT2D eigenvalue weighted by atomic mass is 9.97. The molecule has 0 aromatic carbocycles. The van der Waals surface area contributed by atoms with Crippen molar-refractivity contribution in [3.8, 4) is 11.8 Å². The number of pyridine rings is 1. The third-order valence-electron chi connectivity index (χ3n) is 3.42. The topological polar surface area (TPSA) is 88.3 Å². The Morgan fingerprint density at radius 3 is 3.00 bits per heavy atom. The Balaban J connectivity index is 2.29. The van der Waals surface area contributed by atoms with Gasteiger partial charge in [-0.3, -0.25) is 14.6 Å². The normalized spacial score (nSPS) is 16.7. The van der Waals surface area contributed by atoms with Crippen LogP contribution >= 0.6 is 0 Å². The molecule has 1 aromatic rings. The van der Waals surface area contributed by atoms with Crippen molar-refractivity contribution in [2.75, 3.05) is 19.6 Å². The van der Waals surface area contributed by atoms with Gasteiger partial charge in [0.2, 0.25) is 5.91 Å². The van der Waals surface area contributed by atoms with Gasteiger partial charge in [-0.25, -0.2) is 0 Å². The smallest absolute Gasteiger partial charge is 0.256 e. The first-order valence-electron chi connectivity index (χ1n) is 6.71. The van der Waals surface area contributed by atoms with Gasteiger partial charge in [-0.2, -0.15) is 0 Å². The molecule has 6 nitrogen and oxygen atoms in total.